The highest BCUT2D eigenvalue weighted by Gasteiger charge is 2.04. The van der Waals surface area contributed by atoms with Gasteiger partial charge in [0, 0.05) is 0 Å². The van der Waals surface area contributed by atoms with Crippen molar-refractivity contribution in [2.45, 2.75) is 0 Å². The summed E-state index contributed by atoms with van der Waals surface area (Å²) in [5.41, 5.74) is 1.36. The Kier molecular flexibility index (Phi) is 1.84. The van der Waals surface area contributed by atoms with Gasteiger partial charge in [0.15, 0.2) is 0 Å². The zero-order valence-corrected chi connectivity index (χ0v) is 7.64. The number of hydrogen-bond acceptors (Lipinski definition) is 3. The van der Waals surface area contributed by atoms with E-state index >= 15 is 0 Å². The Balaban J connectivity index is 2.64. The predicted molar refractivity (Wildman–Crippen MR) is 54.3 cm³/mol. The molecule has 0 bridgehead atoms. The quantitative estimate of drug-likeness (QED) is 0.642. The van der Waals surface area contributed by atoms with E-state index < -0.39 is 0 Å². The van der Waals surface area contributed by atoms with Crippen molar-refractivity contribution < 1.29 is 0 Å². The largest absolute Gasteiger partial charge is 0.235 e. The van der Waals surface area contributed by atoms with Gasteiger partial charge >= 0.3 is 0 Å². The molecule has 1 heterocycles. The molecule has 2 nitrogen and oxygen atoms in total. The third-order valence-corrected chi connectivity index (χ3v) is 2.78. The molecule has 0 aliphatic heterocycles. The number of nitriles is 1. The van der Waals surface area contributed by atoms with Crippen molar-refractivity contribution in [2.75, 3.05) is 0 Å². The van der Waals surface area contributed by atoms with Crippen LogP contribution in [0.2, 0.25) is 0 Å². The van der Waals surface area contributed by atoms with E-state index in [2.05, 4.69) is 11.6 Å². The monoisotopic (exact) mass is 186 g/mol. The molecule has 0 N–H and O–H groups in total. The van der Waals surface area contributed by atoms with Gasteiger partial charge in [-0.1, -0.05) is 18.7 Å². The van der Waals surface area contributed by atoms with Crippen LogP contribution < -0.4 is 0 Å². The summed E-state index contributed by atoms with van der Waals surface area (Å²) in [5, 5.41) is 9.34. The third kappa shape index (κ3) is 1.32. The zero-order valence-electron chi connectivity index (χ0n) is 6.82. The summed E-state index contributed by atoms with van der Waals surface area (Å²) in [4.78, 5) is 4.28. The molecule has 13 heavy (non-hydrogen) atoms. The molecular weight excluding hydrogens is 180 g/mol. The molecule has 3 heteroatoms. The molecule has 0 spiro atoms. The molecule has 0 unspecified atom stereocenters. The number of nitrogens with zero attached hydrogens (tertiary/aromatic N) is 2. The molecule has 0 saturated carbocycles. The molecule has 1 aromatic carbocycles. The third-order valence-electron chi connectivity index (χ3n) is 1.69. The standard InChI is InChI=1S/C10H6N2S/c1-7(6-11)10-12-8-4-2-3-5-9(8)13-10/h2-5H,1H2. The van der Waals surface area contributed by atoms with E-state index in [9.17, 15) is 0 Å². The Bertz CT molecular complexity index is 472. The first kappa shape index (κ1) is 7.96. The fraction of sp³-hybridized carbons (Fsp3) is 0. The summed E-state index contributed by atoms with van der Waals surface area (Å²) in [5.74, 6) is 0. The average Bonchev–Trinajstić information content (AvgIpc) is 2.59. The summed E-state index contributed by atoms with van der Waals surface area (Å²) in [6.45, 7) is 3.63. The van der Waals surface area contributed by atoms with Crippen LogP contribution in [0, 0.1) is 11.3 Å². The van der Waals surface area contributed by atoms with Crippen molar-refractivity contribution in [3.05, 3.63) is 35.9 Å². The van der Waals surface area contributed by atoms with Crippen LogP contribution in [0.3, 0.4) is 0 Å². The topological polar surface area (TPSA) is 36.7 Å². The molecule has 2 rings (SSSR count). The van der Waals surface area contributed by atoms with Gasteiger partial charge < -0.3 is 0 Å². The maximum absolute atomic E-state index is 8.63. The summed E-state index contributed by atoms with van der Waals surface area (Å²) in [7, 11) is 0. The van der Waals surface area contributed by atoms with E-state index in [1.54, 1.807) is 0 Å². The minimum atomic E-state index is 0.432. The normalized spacial score (nSPS) is 9.77. The number of benzene rings is 1. The lowest BCUT2D eigenvalue weighted by molar-refractivity contribution is 1.44. The SMILES string of the molecule is C=C(C#N)c1nc2ccccc2s1. The number of hydrogen-bond donors (Lipinski definition) is 0. The van der Waals surface area contributed by atoms with Gasteiger partial charge in [-0.05, 0) is 12.1 Å². The number of fused-ring (bicyclic) bond motifs is 1. The van der Waals surface area contributed by atoms with Gasteiger partial charge in [-0.2, -0.15) is 5.26 Å². The molecule has 0 amide bonds. The average molecular weight is 186 g/mol. The minimum Gasteiger partial charge on any atom is -0.235 e. The van der Waals surface area contributed by atoms with Crippen molar-refractivity contribution in [3.63, 3.8) is 0 Å². The highest BCUT2D eigenvalue weighted by Crippen LogP contribution is 2.25. The molecule has 2 aromatic rings. The number of thiazole rings is 1. The Hall–Kier alpha value is -1.66. The van der Waals surface area contributed by atoms with Crippen LogP contribution in [-0.2, 0) is 0 Å². The fourth-order valence-corrected chi connectivity index (χ4v) is 1.94. The van der Waals surface area contributed by atoms with Crippen molar-refractivity contribution in [3.8, 4) is 6.07 Å². The lowest BCUT2D eigenvalue weighted by atomic mass is 10.3. The van der Waals surface area contributed by atoms with Gasteiger partial charge in [-0.15, -0.1) is 11.3 Å². The first-order valence-corrected chi connectivity index (χ1v) is 4.58. The van der Waals surface area contributed by atoms with Crippen molar-refractivity contribution in [1.29, 1.82) is 5.26 Å². The highest BCUT2D eigenvalue weighted by atomic mass is 32.1. The molecule has 0 radical (unpaired) electrons. The van der Waals surface area contributed by atoms with Crippen LogP contribution in [-0.4, -0.2) is 4.98 Å². The molecule has 0 atom stereocenters. The van der Waals surface area contributed by atoms with E-state index in [1.165, 1.54) is 11.3 Å². The van der Waals surface area contributed by atoms with E-state index in [-0.39, 0.29) is 0 Å². The number of allylic oxidation sites excluding steroid dienone is 1. The van der Waals surface area contributed by atoms with Gasteiger partial charge in [-0.3, -0.25) is 0 Å². The van der Waals surface area contributed by atoms with Crippen molar-refractivity contribution >= 4 is 27.1 Å². The molecule has 0 saturated heterocycles. The number of rotatable bonds is 1. The van der Waals surface area contributed by atoms with Crippen molar-refractivity contribution in [1.82, 2.24) is 4.98 Å². The molecule has 62 valence electrons. The first-order valence-electron chi connectivity index (χ1n) is 3.76. The molecule has 0 fully saturated rings. The van der Waals surface area contributed by atoms with Crippen LogP contribution in [0.25, 0.3) is 15.8 Å². The van der Waals surface area contributed by atoms with Gasteiger partial charge in [0.05, 0.1) is 15.8 Å². The number of aromatic nitrogens is 1. The van der Waals surface area contributed by atoms with Gasteiger partial charge in [-0.25, -0.2) is 4.98 Å². The second-order valence-corrected chi connectivity index (χ2v) is 3.61. The Morgan fingerprint density at radius 3 is 2.92 bits per heavy atom. The first-order chi connectivity index (χ1) is 6.31. The zero-order chi connectivity index (χ0) is 9.26. The van der Waals surface area contributed by atoms with Crippen LogP contribution in [0.4, 0.5) is 0 Å². The smallest absolute Gasteiger partial charge is 0.134 e. The van der Waals surface area contributed by atoms with Crippen molar-refractivity contribution in [2.24, 2.45) is 0 Å². The maximum atomic E-state index is 8.63. The van der Waals surface area contributed by atoms with Gasteiger partial charge in [0.2, 0.25) is 0 Å². The van der Waals surface area contributed by atoms with E-state index in [1.807, 2.05) is 30.3 Å². The van der Waals surface area contributed by atoms with E-state index in [4.69, 9.17) is 5.26 Å². The molecule has 0 aliphatic carbocycles. The molecule has 1 aromatic heterocycles. The molecular formula is C10H6N2S. The predicted octanol–water partition coefficient (Wildman–Crippen LogP) is 2.83. The Labute approximate surface area is 79.8 Å². The maximum Gasteiger partial charge on any atom is 0.134 e. The summed E-state index contributed by atoms with van der Waals surface area (Å²) in [6.07, 6.45) is 0. The highest BCUT2D eigenvalue weighted by molar-refractivity contribution is 7.19. The Morgan fingerprint density at radius 1 is 1.46 bits per heavy atom. The summed E-state index contributed by atoms with van der Waals surface area (Å²) >= 11 is 1.50. The lowest BCUT2D eigenvalue weighted by Crippen LogP contribution is -1.74. The number of para-hydroxylation sites is 1. The summed E-state index contributed by atoms with van der Waals surface area (Å²) < 4.78 is 1.09. The molecule has 0 aliphatic rings. The Morgan fingerprint density at radius 2 is 2.23 bits per heavy atom. The second kappa shape index (κ2) is 3.00. The van der Waals surface area contributed by atoms with Crippen LogP contribution in [0.15, 0.2) is 30.8 Å². The second-order valence-electron chi connectivity index (χ2n) is 2.58. The van der Waals surface area contributed by atoms with Gasteiger partial charge in [0.25, 0.3) is 0 Å². The van der Waals surface area contributed by atoms with E-state index in [0.29, 0.717) is 10.6 Å². The van der Waals surface area contributed by atoms with Crippen LogP contribution >= 0.6 is 11.3 Å². The fourth-order valence-electron chi connectivity index (χ4n) is 1.05. The van der Waals surface area contributed by atoms with Crippen LogP contribution in [0.1, 0.15) is 5.01 Å². The van der Waals surface area contributed by atoms with Gasteiger partial charge in [0.1, 0.15) is 11.1 Å². The van der Waals surface area contributed by atoms with E-state index in [0.717, 1.165) is 10.2 Å². The minimum absolute atomic E-state index is 0.432. The lowest BCUT2D eigenvalue weighted by Gasteiger charge is -1.82. The van der Waals surface area contributed by atoms with Crippen LogP contribution in [0.5, 0.6) is 0 Å². The summed E-state index contributed by atoms with van der Waals surface area (Å²) in [6, 6.07) is 9.80.